The lowest BCUT2D eigenvalue weighted by Gasteiger charge is -2.19. The molecule has 1 aromatic heterocycles. The second-order valence-corrected chi connectivity index (χ2v) is 6.66. The second-order valence-electron chi connectivity index (χ2n) is 6.66. The van der Waals surface area contributed by atoms with Crippen LogP contribution in [-0.2, 0) is 11.3 Å². The van der Waals surface area contributed by atoms with E-state index in [0.29, 0.717) is 13.1 Å². The first-order valence-electron chi connectivity index (χ1n) is 9.18. The number of nitriles is 1. The van der Waals surface area contributed by atoms with Crippen molar-refractivity contribution in [2.24, 2.45) is 0 Å². The van der Waals surface area contributed by atoms with Gasteiger partial charge in [0.2, 0.25) is 5.91 Å². The first-order chi connectivity index (χ1) is 12.7. The van der Waals surface area contributed by atoms with E-state index in [1.165, 1.54) is 0 Å². The molecule has 1 saturated heterocycles. The van der Waals surface area contributed by atoms with Gasteiger partial charge in [-0.15, -0.1) is 0 Å². The number of hydrogen-bond donors (Lipinski definition) is 1. The summed E-state index contributed by atoms with van der Waals surface area (Å²) in [7, 11) is 0. The molecule has 136 valence electrons. The van der Waals surface area contributed by atoms with Crippen LogP contribution in [0.3, 0.4) is 0 Å². The van der Waals surface area contributed by atoms with Crippen LogP contribution in [0.1, 0.15) is 25.0 Å². The Bertz CT molecular complexity index is 777. The Labute approximate surface area is 154 Å². The van der Waals surface area contributed by atoms with Crippen LogP contribution in [0.2, 0.25) is 0 Å². The third-order valence-electron chi connectivity index (χ3n) is 4.77. The van der Waals surface area contributed by atoms with E-state index in [9.17, 15) is 4.79 Å². The van der Waals surface area contributed by atoms with Crippen molar-refractivity contribution >= 4 is 5.91 Å². The molecule has 1 unspecified atom stereocenters. The second kappa shape index (κ2) is 8.63. The zero-order chi connectivity index (χ0) is 18.4. The lowest BCUT2D eigenvalue weighted by Crippen LogP contribution is -2.40. The van der Waals surface area contributed by atoms with Crippen LogP contribution in [0.4, 0.5) is 0 Å². The van der Waals surface area contributed by atoms with Gasteiger partial charge in [-0.25, -0.2) is 0 Å². The molecule has 1 aliphatic rings. The topological polar surface area (TPSA) is 74.0 Å². The number of carbonyl (C=O) groups is 1. The molecule has 0 spiro atoms. The molecule has 2 aromatic rings. The van der Waals surface area contributed by atoms with E-state index in [2.05, 4.69) is 41.6 Å². The maximum absolute atomic E-state index is 12.2. The Morgan fingerprint density at radius 2 is 2.19 bits per heavy atom. The Morgan fingerprint density at radius 1 is 1.38 bits per heavy atom. The number of hydrogen-bond acceptors (Lipinski definition) is 4. The highest BCUT2D eigenvalue weighted by Crippen LogP contribution is 2.18. The van der Waals surface area contributed by atoms with Crippen molar-refractivity contribution in [2.45, 2.75) is 38.8 Å². The summed E-state index contributed by atoms with van der Waals surface area (Å²) in [6, 6.07) is 14.2. The maximum atomic E-state index is 12.2. The number of nitrogens with one attached hydrogen (secondary N) is 1. The number of likely N-dealkylation sites (tertiary alicyclic amines) is 1. The minimum absolute atomic E-state index is 0.0238. The van der Waals surface area contributed by atoms with Crippen LogP contribution >= 0.6 is 0 Å². The van der Waals surface area contributed by atoms with Crippen molar-refractivity contribution in [2.75, 3.05) is 19.6 Å². The van der Waals surface area contributed by atoms with Crippen molar-refractivity contribution in [3.8, 4) is 17.3 Å². The molecule has 6 nitrogen and oxygen atoms in total. The number of carbonyl (C=O) groups excluding carboxylic acids is 1. The highest BCUT2D eigenvalue weighted by molar-refractivity contribution is 5.79. The van der Waals surface area contributed by atoms with Crippen LogP contribution in [0.5, 0.6) is 0 Å². The van der Waals surface area contributed by atoms with E-state index in [1.807, 2.05) is 22.9 Å². The normalized spacial score (nSPS) is 16.6. The number of aryl methyl sites for hydroxylation is 2. The van der Waals surface area contributed by atoms with E-state index in [-0.39, 0.29) is 11.9 Å². The van der Waals surface area contributed by atoms with Gasteiger partial charge in [0, 0.05) is 24.3 Å². The minimum atomic E-state index is -0.243. The number of amides is 1. The standard InChI is InChI=1S/C20H25N5O/c1-16-13-19(17-7-3-2-4-8-17)23-25(16)12-6-10-22-15-20(26)24-11-5-9-18(24)14-21/h2-4,7-8,13,18,22H,5-6,9-12,15H2,1H3. The van der Waals surface area contributed by atoms with Gasteiger partial charge in [-0.05, 0) is 38.8 Å². The Kier molecular flexibility index (Phi) is 6.03. The third-order valence-corrected chi connectivity index (χ3v) is 4.77. The molecule has 2 heterocycles. The van der Waals surface area contributed by atoms with Crippen molar-refractivity contribution in [1.82, 2.24) is 20.0 Å². The lowest BCUT2D eigenvalue weighted by molar-refractivity contribution is -0.130. The molecule has 6 heteroatoms. The first-order valence-corrected chi connectivity index (χ1v) is 9.18. The molecule has 0 aliphatic carbocycles. The largest absolute Gasteiger partial charge is 0.326 e. The van der Waals surface area contributed by atoms with E-state index in [0.717, 1.165) is 49.3 Å². The van der Waals surface area contributed by atoms with Crippen molar-refractivity contribution in [1.29, 1.82) is 5.26 Å². The smallest absolute Gasteiger partial charge is 0.237 e. The maximum Gasteiger partial charge on any atom is 0.237 e. The van der Waals surface area contributed by atoms with Gasteiger partial charge >= 0.3 is 0 Å². The Hall–Kier alpha value is -2.65. The average molecular weight is 351 g/mol. The molecule has 1 fully saturated rings. The van der Waals surface area contributed by atoms with E-state index >= 15 is 0 Å². The number of benzene rings is 1. The fourth-order valence-corrected chi connectivity index (χ4v) is 3.34. The summed E-state index contributed by atoms with van der Waals surface area (Å²) in [5, 5.41) is 16.9. The fraction of sp³-hybridized carbons (Fsp3) is 0.450. The van der Waals surface area contributed by atoms with Crippen molar-refractivity contribution in [3.63, 3.8) is 0 Å². The van der Waals surface area contributed by atoms with Crippen LogP contribution < -0.4 is 5.32 Å². The predicted molar refractivity (Wildman–Crippen MR) is 100 cm³/mol. The highest BCUT2D eigenvalue weighted by atomic mass is 16.2. The van der Waals surface area contributed by atoms with E-state index in [1.54, 1.807) is 4.90 Å². The van der Waals surface area contributed by atoms with Crippen LogP contribution in [-0.4, -0.2) is 46.3 Å². The minimum Gasteiger partial charge on any atom is -0.326 e. The van der Waals surface area contributed by atoms with Gasteiger partial charge in [0.15, 0.2) is 0 Å². The number of rotatable bonds is 7. The van der Waals surface area contributed by atoms with Gasteiger partial charge in [-0.1, -0.05) is 30.3 Å². The summed E-state index contributed by atoms with van der Waals surface area (Å²) in [6.45, 7) is 4.62. The van der Waals surface area contributed by atoms with Crippen LogP contribution in [0, 0.1) is 18.3 Å². The number of nitrogens with zero attached hydrogens (tertiary/aromatic N) is 4. The summed E-state index contributed by atoms with van der Waals surface area (Å²) in [5.74, 6) is 0.0238. The Morgan fingerprint density at radius 3 is 2.96 bits per heavy atom. The van der Waals surface area contributed by atoms with Gasteiger partial charge < -0.3 is 10.2 Å². The van der Waals surface area contributed by atoms with Gasteiger partial charge in [-0.3, -0.25) is 9.48 Å². The fourth-order valence-electron chi connectivity index (χ4n) is 3.34. The van der Waals surface area contributed by atoms with Gasteiger partial charge in [0.05, 0.1) is 18.3 Å². The molecule has 0 saturated carbocycles. The Balaban J connectivity index is 1.42. The van der Waals surface area contributed by atoms with Gasteiger partial charge in [0.25, 0.3) is 0 Å². The third kappa shape index (κ3) is 4.30. The molecule has 0 radical (unpaired) electrons. The van der Waals surface area contributed by atoms with Gasteiger partial charge in [-0.2, -0.15) is 10.4 Å². The molecule has 26 heavy (non-hydrogen) atoms. The molecule has 0 bridgehead atoms. The molecular weight excluding hydrogens is 326 g/mol. The molecular formula is C20H25N5O. The molecule has 1 N–H and O–H groups in total. The molecule has 1 amide bonds. The van der Waals surface area contributed by atoms with Crippen LogP contribution in [0.25, 0.3) is 11.3 Å². The van der Waals surface area contributed by atoms with Crippen molar-refractivity contribution < 1.29 is 4.79 Å². The molecule has 1 atom stereocenters. The van der Waals surface area contributed by atoms with E-state index < -0.39 is 0 Å². The quantitative estimate of drug-likeness (QED) is 0.777. The predicted octanol–water partition coefficient (Wildman–Crippen LogP) is 2.35. The summed E-state index contributed by atoms with van der Waals surface area (Å²) >= 11 is 0. The number of aromatic nitrogens is 2. The molecule has 1 aliphatic heterocycles. The summed E-state index contributed by atoms with van der Waals surface area (Å²) in [5.41, 5.74) is 3.24. The zero-order valence-electron chi connectivity index (χ0n) is 15.2. The lowest BCUT2D eigenvalue weighted by atomic mass is 10.1. The SMILES string of the molecule is Cc1cc(-c2ccccc2)nn1CCCNCC(=O)N1CCCC1C#N. The summed E-state index contributed by atoms with van der Waals surface area (Å²) in [6.07, 6.45) is 2.61. The van der Waals surface area contributed by atoms with E-state index in [4.69, 9.17) is 5.26 Å². The van der Waals surface area contributed by atoms with Crippen molar-refractivity contribution in [3.05, 3.63) is 42.1 Å². The highest BCUT2D eigenvalue weighted by Gasteiger charge is 2.27. The zero-order valence-corrected chi connectivity index (χ0v) is 15.2. The monoisotopic (exact) mass is 351 g/mol. The first kappa shape index (κ1) is 18.2. The molecule has 3 rings (SSSR count). The summed E-state index contributed by atoms with van der Waals surface area (Å²) < 4.78 is 2.01. The van der Waals surface area contributed by atoms with Gasteiger partial charge in [0.1, 0.15) is 6.04 Å². The average Bonchev–Trinajstić information content (AvgIpc) is 3.29. The summed E-state index contributed by atoms with van der Waals surface area (Å²) in [4.78, 5) is 13.8. The van der Waals surface area contributed by atoms with Crippen LogP contribution in [0.15, 0.2) is 36.4 Å². The molecule has 1 aromatic carbocycles.